The first-order valence-electron chi connectivity index (χ1n) is 7.60. The Bertz CT molecular complexity index is 863. The molecule has 2 heterocycles. The number of carbonyl (C=O) groups excluding carboxylic acids is 2. The van der Waals surface area contributed by atoms with Crippen molar-refractivity contribution in [1.82, 2.24) is 4.98 Å². The Morgan fingerprint density at radius 2 is 1.96 bits per heavy atom. The van der Waals surface area contributed by atoms with Gasteiger partial charge in [-0.1, -0.05) is 29.8 Å². The third-order valence-corrected chi connectivity index (χ3v) is 3.86. The van der Waals surface area contributed by atoms with Crippen LogP contribution in [0.5, 0.6) is 5.75 Å². The Balaban J connectivity index is 1.95. The first-order valence-corrected chi connectivity index (χ1v) is 7.60. The maximum absolute atomic E-state index is 12.5. The van der Waals surface area contributed by atoms with Crippen LogP contribution in [0.2, 0.25) is 0 Å². The number of carbonyl (C=O) groups is 2. The van der Waals surface area contributed by atoms with E-state index in [2.05, 4.69) is 4.98 Å². The van der Waals surface area contributed by atoms with Gasteiger partial charge in [0.15, 0.2) is 17.6 Å². The second kappa shape index (κ2) is 6.31. The van der Waals surface area contributed by atoms with Crippen LogP contribution in [0, 0.1) is 17.0 Å². The zero-order valence-corrected chi connectivity index (χ0v) is 13.6. The van der Waals surface area contributed by atoms with E-state index >= 15 is 0 Å². The molecule has 0 saturated heterocycles. The highest BCUT2D eigenvalue weighted by atomic mass is 16.6. The third-order valence-electron chi connectivity index (χ3n) is 3.86. The van der Waals surface area contributed by atoms with Crippen molar-refractivity contribution < 1.29 is 19.2 Å². The van der Waals surface area contributed by atoms with Gasteiger partial charge < -0.3 is 14.9 Å². The number of ketones is 1. The van der Waals surface area contributed by atoms with Gasteiger partial charge in [-0.15, -0.1) is 0 Å². The molecule has 25 heavy (non-hydrogen) atoms. The van der Waals surface area contributed by atoms with Crippen molar-refractivity contribution in [2.75, 3.05) is 11.4 Å². The fraction of sp³-hybridized carbons (Fsp3) is 0.235. The van der Waals surface area contributed by atoms with Crippen LogP contribution in [0.25, 0.3) is 0 Å². The molecule has 8 nitrogen and oxygen atoms in total. The van der Waals surface area contributed by atoms with Crippen molar-refractivity contribution in [2.45, 2.75) is 20.0 Å². The van der Waals surface area contributed by atoms with Crippen LogP contribution in [0.15, 0.2) is 36.4 Å². The summed E-state index contributed by atoms with van der Waals surface area (Å²) in [6.45, 7) is 3.19. The van der Waals surface area contributed by atoms with Gasteiger partial charge in [-0.05, 0) is 29.8 Å². The van der Waals surface area contributed by atoms with Gasteiger partial charge in [-0.25, -0.2) is 0 Å². The molecule has 128 valence electrons. The van der Waals surface area contributed by atoms with Crippen LogP contribution in [0.4, 0.5) is 11.6 Å². The summed E-state index contributed by atoms with van der Waals surface area (Å²) in [5.41, 5.74) is 1.46. The second-order valence-corrected chi connectivity index (χ2v) is 5.72. The molecule has 8 heteroatoms. The zero-order valence-electron chi connectivity index (χ0n) is 13.6. The summed E-state index contributed by atoms with van der Waals surface area (Å²) in [7, 11) is 0. The van der Waals surface area contributed by atoms with Crippen molar-refractivity contribution in [2.24, 2.45) is 0 Å². The molecule has 0 bridgehead atoms. The molecule has 1 aromatic heterocycles. The van der Waals surface area contributed by atoms with Crippen LogP contribution in [0.3, 0.4) is 0 Å². The number of amides is 1. The van der Waals surface area contributed by atoms with E-state index in [9.17, 15) is 19.7 Å². The Kier molecular flexibility index (Phi) is 4.18. The normalized spacial score (nSPS) is 16.2. The molecular weight excluding hydrogens is 326 g/mol. The van der Waals surface area contributed by atoms with Gasteiger partial charge in [-0.2, -0.15) is 0 Å². The van der Waals surface area contributed by atoms with E-state index < -0.39 is 22.8 Å². The second-order valence-electron chi connectivity index (χ2n) is 5.72. The minimum Gasteiger partial charge on any atom is -0.475 e. The van der Waals surface area contributed by atoms with Gasteiger partial charge in [0.25, 0.3) is 11.7 Å². The maximum Gasteiger partial charge on any atom is 0.366 e. The van der Waals surface area contributed by atoms with E-state index in [1.165, 1.54) is 12.1 Å². The topological polar surface area (TPSA) is 103 Å². The van der Waals surface area contributed by atoms with Gasteiger partial charge in [0.05, 0.1) is 6.54 Å². The smallest absolute Gasteiger partial charge is 0.366 e. The highest BCUT2D eigenvalue weighted by Gasteiger charge is 2.37. The van der Waals surface area contributed by atoms with Gasteiger partial charge in [0.1, 0.15) is 0 Å². The molecule has 1 atom stereocenters. The molecule has 1 aliphatic rings. The minimum absolute atomic E-state index is 0.0160. The number of pyridine rings is 1. The van der Waals surface area contributed by atoms with Crippen LogP contribution in [0.1, 0.15) is 22.8 Å². The Morgan fingerprint density at radius 3 is 2.60 bits per heavy atom. The number of anilines is 1. The molecule has 3 rings (SSSR count). The molecular formula is C17H15N3O5. The number of aryl methyl sites for hydroxylation is 1. The highest BCUT2D eigenvalue weighted by Crippen LogP contribution is 2.34. The van der Waals surface area contributed by atoms with Gasteiger partial charge in [0.2, 0.25) is 0 Å². The van der Waals surface area contributed by atoms with Crippen molar-refractivity contribution in [1.29, 1.82) is 0 Å². The summed E-state index contributed by atoms with van der Waals surface area (Å²) >= 11 is 0. The lowest BCUT2D eigenvalue weighted by atomic mass is 10.1. The van der Waals surface area contributed by atoms with E-state index in [0.717, 1.165) is 10.5 Å². The van der Waals surface area contributed by atoms with Crippen LogP contribution in [-0.4, -0.2) is 34.2 Å². The largest absolute Gasteiger partial charge is 0.475 e. The van der Waals surface area contributed by atoms with Crippen molar-refractivity contribution in [3.05, 3.63) is 57.6 Å². The minimum atomic E-state index is -0.804. The van der Waals surface area contributed by atoms with E-state index in [1.807, 2.05) is 6.92 Å². The molecule has 0 aliphatic carbocycles. The number of hydrogen-bond acceptors (Lipinski definition) is 6. The average molecular weight is 341 g/mol. The predicted octanol–water partition coefficient (Wildman–Crippen LogP) is 2.30. The lowest BCUT2D eigenvalue weighted by molar-refractivity contribution is -0.389. The number of nitrogens with zero attached hydrogens (tertiary/aromatic N) is 3. The molecule has 1 aliphatic heterocycles. The number of hydrogen-bond donors (Lipinski definition) is 0. The van der Waals surface area contributed by atoms with Gasteiger partial charge >= 0.3 is 5.82 Å². The summed E-state index contributed by atoms with van der Waals surface area (Å²) in [4.78, 5) is 40.2. The van der Waals surface area contributed by atoms with Gasteiger partial charge in [-0.3, -0.25) is 14.5 Å². The Morgan fingerprint density at radius 1 is 1.28 bits per heavy atom. The van der Waals surface area contributed by atoms with Gasteiger partial charge in [0, 0.05) is 11.6 Å². The van der Waals surface area contributed by atoms with Crippen molar-refractivity contribution >= 4 is 23.3 Å². The molecule has 1 unspecified atom stereocenters. The zero-order chi connectivity index (χ0) is 18.1. The first kappa shape index (κ1) is 16.6. The molecule has 2 aromatic rings. The van der Waals surface area contributed by atoms with E-state index in [-0.39, 0.29) is 23.9 Å². The summed E-state index contributed by atoms with van der Waals surface area (Å²) < 4.78 is 5.42. The molecule has 0 radical (unpaired) electrons. The molecule has 1 aromatic carbocycles. The number of nitro groups is 1. The fourth-order valence-electron chi connectivity index (χ4n) is 2.50. The molecule has 1 amide bonds. The molecule has 0 spiro atoms. The summed E-state index contributed by atoms with van der Waals surface area (Å²) in [6.07, 6.45) is -0.804. The number of ether oxygens (including phenoxy) is 1. The number of fused-ring (bicyclic) bond motifs is 1. The molecule has 0 N–H and O–H groups in total. The predicted molar refractivity (Wildman–Crippen MR) is 88.8 cm³/mol. The monoisotopic (exact) mass is 341 g/mol. The summed E-state index contributed by atoms with van der Waals surface area (Å²) in [5.74, 6) is -0.965. The van der Waals surface area contributed by atoms with Crippen LogP contribution >= 0.6 is 0 Å². The summed E-state index contributed by atoms with van der Waals surface area (Å²) in [5, 5.41) is 10.9. The molecule has 0 fully saturated rings. The SMILES string of the molecule is Cc1ccc(C(=O)CN2C(=O)C(C)Oc3ccc([N+](=O)[O-])nc32)cc1. The highest BCUT2D eigenvalue weighted by molar-refractivity contribution is 6.07. The van der Waals surface area contributed by atoms with Crippen molar-refractivity contribution in [3.63, 3.8) is 0 Å². The quantitative estimate of drug-likeness (QED) is 0.480. The van der Waals surface area contributed by atoms with E-state index in [4.69, 9.17) is 4.74 Å². The summed E-state index contributed by atoms with van der Waals surface area (Å²) in [6, 6.07) is 9.53. The first-order chi connectivity index (χ1) is 11.9. The standard InChI is InChI=1S/C17H15N3O5/c1-10-3-5-12(6-4-10)13(21)9-19-16-14(25-11(2)17(19)22)7-8-15(18-16)20(23)24/h3-8,11H,9H2,1-2H3. The molecule has 0 saturated carbocycles. The maximum atomic E-state index is 12.5. The fourth-order valence-corrected chi connectivity index (χ4v) is 2.50. The average Bonchev–Trinajstić information content (AvgIpc) is 2.59. The van der Waals surface area contributed by atoms with Crippen molar-refractivity contribution in [3.8, 4) is 5.75 Å². The van der Waals surface area contributed by atoms with E-state index in [0.29, 0.717) is 5.56 Å². The van der Waals surface area contributed by atoms with E-state index in [1.54, 1.807) is 31.2 Å². The number of aromatic nitrogens is 1. The lowest BCUT2D eigenvalue weighted by Gasteiger charge is -2.28. The Labute approximate surface area is 143 Å². The number of Topliss-reactive ketones (excluding diaryl/α,β-unsaturated/α-hetero) is 1. The Hall–Kier alpha value is -3.29. The van der Waals surface area contributed by atoms with Crippen LogP contribution in [-0.2, 0) is 4.79 Å². The van der Waals surface area contributed by atoms with Crippen LogP contribution < -0.4 is 9.64 Å². The lowest BCUT2D eigenvalue weighted by Crippen LogP contribution is -2.47. The number of benzene rings is 1. The number of rotatable bonds is 4. The third kappa shape index (κ3) is 3.18.